The first kappa shape index (κ1) is 17.4. The van der Waals surface area contributed by atoms with Crippen LogP contribution in [0.4, 0.5) is 0 Å². The Kier molecular flexibility index (Phi) is 4.93. The van der Waals surface area contributed by atoms with Gasteiger partial charge in [0.05, 0.1) is 6.21 Å². The van der Waals surface area contributed by atoms with E-state index in [9.17, 15) is 0 Å². The molecule has 2 aromatic carbocycles. The van der Waals surface area contributed by atoms with Crippen molar-refractivity contribution in [2.24, 2.45) is 12.1 Å². The van der Waals surface area contributed by atoms with Gasteiger partial charge in [0.2, 0.25) is 5.16 Å². The van der Waals surface area contributed by atoms with Gasteiger partial charge in [-0.25, -0.2) is 0 Å². The van der Waals surface area contributed by atoms with Crippen molar-refractivity contribution in [1.29, 1.82) is 0 Å². The molecule has 0 unspecified atom stereocenters. The molecule has 0 atom stereocenters. The molecule has 0 aliphatic carbocycles. The molecular weight excluding hydrogens is 358 g/mol. The molecule has 0 N–H and O–H groups in total. The molecule has 0 saturated heterocycles. The molecular formula is C20H19N5OS. The zero-order valence-electron chi connectivity index (χ0n) is 15.1. The molecule has 0 aliphatic heterocycles. The fourth-order valence-corrected chi connectivity index (χ4v) is 3.34. The number of hydrogen-bond acceptors (Lipinski definition) is 5. The number of rotatable bonds is 6. The summed E-state index contributed by atoms with van der Waals surface area (Å²) >= 11 is 1.50. The molecule has 136 valence electrons. The third kappa shape index (κ3) is 3.59. The molecule has 0 spiro atoms. The van der Waals surface area contributed by atoms with E-state index >= 15 is 0 Å². The summed E-state index contributed by atoms with van der Waals surface area (Å²) in [7, 11) is 2.03. The van der Waals surface area contributed by atoms with Crippen LogP contribution < -0.4 is 4.74 Å². The maximum absolute atomic E-state index is 5.81. The Morgan fingerprint density at radius 3 is 2.67 bits per heavy atom. The van der Waals surface area contributed by atoms with Crippen LogP contribution in [-0.2, 0) is 13.7 Å². The van der Waals surface area contributed by atoms with Gasteiger partial charge in [-0.1, -0.05) is 48.2 Å². The normalized spacial score (nSPS) is 11.5. The summed E-state index contributed by atoms with van der Waals surface area (Å²) in [5, 5.41) is 14.9. The van der Waals surface area contributed by atoms with Gasteiger partial charge in [-0.3, -0.25) is 0 Å². The highest BCUT2D eigenvalue weighted by Crippen LogP contribution is 2.20. The summed E-state index contributed by atoms with van der Waals surface area (Å²) < 4.78 is 9.63. The smallest absolute Gasteiger partial charge is 0.211 e. The summed E-state index contributed by atoms with van der Waals surface area (Å²) in [4.78, 5) is 0. The maximum Gasteiger partial charge on any atom is 0.211 e. The molecule has 4 rings (SSSR count). The molecule has 0 fully saturated rings. The number of benzene rings is 2. The van der Waals surface area contributed by atoms with E-state index < -0.39 is 0 Å². The van der Waals surface area contributed by atoms with Crippen LogP contribution in [0.15, 0.2) is 71.1 Å². The minimum Gasteiger partial charge on any atom is -0.486 e. The van der Waals surface area contributed by atoms with Gasteiger partial charge in [-0.15, -0.1) is 10.2 Å². The van der Waals surface area contributed by atoms with Crippen molar-refractivity contribution in [3.05, 3.63) is 72.2 Å². The summed E-state index contributed by atoms with van der Waals surface area (Å²) in [5.74, 6) is 1.44. The number of aromatic nitrogens is 4. The average Bonchev–Trinajstić information content (AvgIpc) is 3.26. The van der Waals surface area contributed by atoms with Gasteiger partial charge in [-0.05, 0) is 24.5 Å². The Bertz CT molecular complexity index is 1080. The standard InChI is InChI=1S/C20H19N5OS/c1-24-13-15(17-10-6-7-11-18(17)24)12-21-25-19(22-23-20(25)27-2)14-26-16-8-4-3-5-9-16/h3-13H,14H2,1-2H3/b21-12-. The number of hydrogen-bond donors (Lipinski definition) is 0. The molecule has 2 heterocycles. The largest absolute Gasteiger partial charge is 0.486 e. The Balaban J connectivity index is 1.62. The van der Waals surface area contributed by atoms with Crippen LogP contribution in [0.5, 0.6) is 5.75 Å². The van der Waals surface area contributed by atoms with Crippen LogP contribution in [0.25, 0.3) is 10.9 Å². The van der Waals surface area contributed by atoms with Crippen LogP contribution in [0, 0.1) is 0 Å². The average molecular weight is 377 g/mol. The van der Waals surface area contributed by atoms with E-state index in [0.717, 1.165) is 21.9 Å². The zero-order valence-corrected chi connectivity index (χ0v) is 15.9. The molecule has 4 aromatic rings. The molecule has 6 nitrogen and oxygen atoms in total. The topological polar surface area (TPSA) is 57.2 Å². The van der Waals surface area contributed by atoms with Crippen LogP contribution in [-0.4, -0.2) is 31.9 Å². The fraction of sp³-hybridized carbons (Fsp3) is 0.150. The fourth-order valence-electron chi connectivity index (χ4n) is 2.89. The third-order valence-electron chi connectivity index (χ3n) is 4.21. The lowest BCUT2D eigenvalue weighted by Crippen LogP contribution is -2.04. The number of para-hydroxylation sites is 2. The quantitative estimate of drug-likeness (QED) is 0.377. The van der Waals surface area contributed by atoms with Crippen molar-refractivity contribution < 1.29 is 4.74 Å². The Morgan fingerprint density at radius 1 is 1.07 bits per heavy atom. The SMILES string of the molecule is CSc1nnc(COc2ccccc2)n1/N=C\c1cn(C)c2ccccc12. The monoisotopic (exact) mass is 377 g/mol. The Morgan fingerprint density at radius 2 is 1.85 bits per heavy atom. The number of thioether (sulfide) groups is 1. The molecule has 2 aromatic heterocycles. The summed E-state index contributed by atoms with van der Waals surface area (Å²) in [6.07, 6.45) is 5.87. The second-order valence-electron chi connectivity index (χ2n) is 5.97. The summed E-state index contributed by atoms with van der Waals surface area (Å²) in [5.41, 5.74) is 2.21. The van der Waals surface area contributed by atoms with E-state index in [4.69, 9.17) is 4.74 Å². The highest BCUT2D eigenvalue weighted by atomic mass is 32.2. The number of nitrogens with zero attached hydrogens (tertiary/aromatic N) is 5. The van der Waals surface area contributed by atoms with Gasteiger partial charge in [-0.2, -0.15) is 9.78 Å². The van der Waals surface area contributed by atoms with Crippen LogP contribution in [0.3, 0.4) is 0 Å². The molecule has 0 aliphatic rings. The van der Waals surface area contributed by atoms with Crippen molar-refractivity contribution in [2.75, 3.05) is 6.26 Å². The van der Waals surface area contributed by atoms with Gasteiger partial charge in [0, 0.05) is 29.7 Å². The van der Waals surface area contributed by atoms with E-state index in [1.807, 2.05) is 62.0 Å². The van der Waals surface area contributed by atoms with E-state index in [1.165, 1.54) is 17.3 Å². The van der Waals surface area contributed by atoms with E-state index in [-0.39, 0.29) is 0 Å². The first-order chi connectivity index (χ1) is 13.3. The molecule has 27 heavy (non-hydrogen) atoms. The van der Waals surface area contributed by atoms with E-state index in [2.05, 4.69) is 38.2 Å². The van der Waals surface area contributed by atoms with E-state index in [0.29, 0.717) is 12.4 Å². The molecule has 0 radical (unpaired) electrons. The van der Waals surface area contributed by atoms with Gasteiger partial charge >= 0.3 is 0 Å². The summed E-state index contributed by atoms with van der Waals surface area (Å²) in [6.45, 7) is 0.296. The lowest BCUT2D eigenvalue weighted by atomic mass is 10.2. The first-order valence-corrected chi connectivity index (χ1v) is 9.73. The second kappa shape index (κ2) is 7.67. The molecule has 0 saturated carbocycles. The summed E-state index contributed by atoms with van der Waals surface area (Å²) in [6, 6.07) is 17.9. The van der Waals surface area contributed by atoms with Gasteiger partial charge < -0.3 is 9.30 Å². The Hall–Kier alpha value is -3.06. The van der Waals surface area contributed by atoms with Crippen molar-refractivity contribution in [3.8, 4) is 5.75 Å². The van der Waals surface area contributed by atoms with Gasteiger partial charge in [0.15, 0.2) is 5.82 Å². The van der Waals surface area contributed by atoms with Crippen molar-refractivity contribution in [3.63, 3.8) is 0 Å². The number of ether oxygens (including phenoxy) is 1. The van der Waals surface area contributed by atoms with Crippen LogP contribution >= 0.6 is 11.8 Å². The van der Waals surface area contributed by atoms with Crippen molar-refractivity contribution in [2.45, 2.75) is 11.8 Å². The first-order valence-electron chi connectivity index (χ1n) is 8.51. The van der Waals surface area contributed by atoms with Gasteiger partial charge in [0.1, 0.15) is 12.4 Å². The molecule has 7 heteroatoms. The number of aryl methyl sites for hydroxylation is 1. The van der Waals surface area contributed by atoms with Crippen LogP contribution in [0.2, 0.25) is 0 Å². The van der Waals surface area contributed by atoms with Crippen LogP contribution in [0.1, 0.15) is 11.4 Å². The lowest BCUT2D eigenvalue weighted by molar-refractivity contribution is 0.290. The highest BCUT2D eigenvalue weighted by Gasteiger charge is 2.12. The lowest BCUT2D eigenvalue weighted by Gasteiger charge is -2.05. The highest BCUT2D eigenvalue weighted by molar-refractivity contribution is 7.98. The minimum atomic E-state index is 0.296. The molecule has 0 bridgehead atoms. The predicted octanol–water partition coefficient (Wildman–Crippen LogP) is 3.95. The maximum atomic E-state index is 5.81. The third-order valence-corrected chi connectivity index (χ3v) is 4.83. The van der Waals surface area contributed by atoms with Crippen molar-refractivity contribution in [1.82, 2.24) is 19.4 Å². The minimum absolute atomic E-state index is 0.296. The number of fused-ring (bicyclic) bond motifs is 1. The Labute approximate surface area is 161 Å². The molecule has 0 amide bonds. The van der Waals surface area contributed by atoms with Crippen molar-refractivity contribution >= 4 is 28.9 Å². The second-order valence-corrected chi connectivity index (χ2v) is 6.75. The van der Waals surface area contributed by atoms with Gasteiger partial charge in [0.25, 0.3) is 0 Å². The van der Waals surface area contributed by atoms with E-state index in [1.54, 1.807) is 4.68 Å². The zero-order chi connectivity index (χ0) is 18.6. The predicted molar refractivity (Wildman–Crippen MR) is 108 cm³/mol.